The van der Waals surface area contributed by atoms with Crippen molar-refractivity contribution in [2.75, 3.05) is 5.32 Å². The van der Waals surface area contributed by atoms with Gasteiger partial charge in [0.1, 0.15) is 6.61 Å². The fourth-order valence-electron chi connectivity index (χ4n) is 2.52. The number of rotatable bonds is 3. The molecule has 6 nitrogen and oxygen atoms in total. The van der Waals surface area contributed by atoms with Crippen LogP contribution in [0, 0.1) is 6.92 Å². The van der Waals surface area contributed by atoms with Gasteiger partial charge in [0.2, 0.25) is 5.88 Å². The third-order valence-corrected chi connectivity index (χ3v) is 3.81. The second-order valence-corrected chi connectivity index (χ2v) is 5.34. The molecule has 3 rings (SSSR count). The van der Waals surface area contributed by atoms with E-state index in [1.54, 1.807) is 0 Å². The van der Waals surface area contributed by atoms with E-state index < -0.39 is 11.9 Å². The van der Waals surface area contributed by atoms with E-state index in [2.05, 4.69) is 10.3 Å². The van der Waals surface area contributed by atoms with Crippen LogP contribution < -0.4 is 10.9 Å². The monoisotopic (exact) mass is 314 g/mol. The van der Waals surface area contributed by atoms with Crippen molar-refractivity contribution in [3.05, 3.63) is 63.0 Å². The molecule has 0 saturated carbocycles. The van der Waals surface area contributed by atoms with Gasteiger partial charge in [-0.1, -0.05) is 31.2 Å². The first-order valence-corrected chi connectivity index (χ1v) is 7.45. The number of hydrogen-bond acceptors (Lipinski definition) is 6. The summed E-state index contributed by atoms with van der Waals surface area (Å²) in [6.45, 7) is 4.19. The smallest absolute Gasteiger partial charge is 0.337 e. The molecule has 2 heterocycles. The van der Waals surface area contributed by atoms with Gasteiger partial charge in [0.15, 0.2) is 6.23 Å². The molecule has 0 spiro atoms. The van der Waals surface area contributed by atoms with Gasteiger partial charge in [-0.25, -0.2) is 4.79 Å². The largest absolute Gasteiger partial charge is 0.460 e. The first-order valence-electron chi connectivity index (χ1n) is 7.45. The van der Waals surface area contributed by atoms with E-state index in [-0.39, 0.29) is 11.9 Å². The van der Waals surface area contributed by atoms with Crippen molar-refractivity contribution in [1.82, 2.24) is 0 Å². The van der Waals surface area contributed by atoms with E-state index in [1.807, 2.05) is 38.1 Å². The van der Waals surface area contributed by atoms with Gasteiger partial charge in [-0.2, -0.15) is 4.99 Å². The van der Waals surface area contributed by atoms with E-state index >= 15 is 0 Å². The van der Waals surface area contributed by atoms with Crippen LogP contribution in [0.1, 0.15) is 35.4 Å². The van der Waals surface area contributed by atoms with Gasteiger partial charge in [0, 0.05) is 6.07 Å². The molecule has 6 heteroatoms. The summed E-state index contributed by atoms with van der Waals surface area (Å²) < 4.78 is 10.7. The van der Waals surface area contributed by atoms with E-state index in [4.69, 9.17) is 9.15 Å². The highest BCUT2D eigenvalue weighted by Crippen LogP contribution is 2.30. The van der Waals surface area contributed by atoms with E-state index in [9.17, 15) is 9.90 Å². The predicted octanol–water partition coefficient (Wildman–Crippen LogP) is 2.50. The molecule has 1 aromatic heterocycles. The maximum absolute atomic E-state index is 11.6. The Balaban J connectivity index is 1.82. The van der Waals surface area contributed by atoms with Gasteiger partial charge in [-0.15, -0.1) is 0 Å². The number of aryl methyl sites for hydroxylation is 2. The van der Waals surface area contributed by atoms with Gasteiger partial charge in [0.25, 0.3) is 6.02 Å². The number of aliphatic hydroxyl groups is 1. The van der Waals surface area contributed by atoms with E-state index in [1.165, 1.54) is 6.07 Å². The topological polar surface area (TPSA) is 84.1 Å². The molecule has 120 valence electrons. The minimum absolute atomic E-state index is 0.129. The lowest BCUT2D eigenvalue weighted by molar-refractivity contribution is 0.173. The zero-order chi connectivity index (χ0) is 16.4. The van der Waals surface area contributed by atoms with Crippen LogP contribution in [-0.2, 0) is 17.8 Å². The Morgan fingerprint density at radius 1 is 1.35 bits per heavy atom. The molecule has 1 aliphatic heterocycles. The van der Waals surface area contributed by atoms with Crippen molar-refractivity contribution in [2.45, 2.75) is 33.1 Å². The quantitative estimate of drug-likeness (QED) is 0.909. The number of amidine groups is 1. The number of anilines is 1. The van der Waals surface area contributed by atoms with Crippen LogP contribution in [0.5, 0.6) is 0 Å². The minimum Gasteiger partial charge on any atom is -0.460 e. The van der Waals surface area contributed by atoms with Gasteiger partial charge in [-0.3, -0.25) is 5.32 Å². The highest BCUT2D eigenvalue weighted by molar-refractivity contribution is 5.90. The molecule has 1 atom stereocenters. The highest BCUT2D eigenvalue weighted by Gasteiger charge is 2.26. The van der Waals surface area contributed by atoms with Crippen LogP contribution in [0.3, 0.4) is 0 Å². The van der Waals surface area contributed by atoms with Crippen molar-refractivity contribution in [3.8, 4) is 0 Å². The third-order valence-electron chi connectivity index (χ3n) is 3.81. The molecular weight excluding hydrogens is 296 g/mol. The third kappa shape index (κ3) is 3.12. The summed E-state index contributed by atoms with van der Waals surface area (Å²) in [4.78, 5) is 15.7. The lowest BCUT2D eigenvalue weighted by atomic mass is 10.1. The van der Waals surface area contributed by atoms with E-state index in [0.29, 0.717) is 24.2 Å². The van der Waals surface area contributed by atoms with Crippen molar-refractivity contribution >= 4 is 11.9 Å². The first-order chi connectivity index (χ1) is 11.1. The van der Waals surface area contributed by atoms with Crippen LogP contribution in [0.2, 0.25) is 0 Å². The van der Waals surface area contributed by atoms with Crippen LogP contribution in [0.25, 0.3) is 0 Å². The van der Waals surface area contributed by atoms with Crippen LogP contribution in [0.15, 0.2) is 44.5 Å². The second-order valence-electron chi connectivity index (χ2n) is 5.34. The number of fused-ring (bicyclic) bond motifs is 1. The summed E-state index contributed by atoms with van der Waals surface area (Å²) in [5.74, 6) is 0.191. The van der Waals surface area contributed by atoms with Crippen molar-refractivity contribution in [1.29, 1.82) is 0 Å². The minimum atomic E-state index is -1.11. The maximum atomic E-state index is 11.6. The molecule has 0 bridgehead atoms. The molecule has 0 amide bonds. The zero-order valence-electron chi connectivity index (χ0n) is 13.0. The number of nitrogens with one attached hydrogen (secondary N) is 1. The lowest BCUT2D eigenvalue weighted by Crippen LogP contribution is -2.25. The average Bonchev–Trinajstić information content (AvgIpc) is 2.52. The Labute approximate surface area is 133 Å². The zero-order valence-corrected chi connectivity index (χ0v) is 13.0. The summed E-state index contributed by atoms with van der Waals surface area (Å²) in [6, 6.07) is 9.33. The van der Waals surface area contributed by atoms with Gasteiger partial charge in [0.05, 0.1) is 5.56 Å². The Hall–Kier alpha value is -2.60. The summed E-state index contributed by atoms with van der Waals surface area (Å²) in [6.07, 6.45) is -0.515. The number of benzene rings is 1. The molecule has 2 aromatic rings. The molecule has 0 saturated heterocycles. The molecule has 1 aromatic carbocycles. The number of nitrogens with zero attached hydrogens (tertiary/aromatic N) is 1. The molecular formula is C17H18N2O4. The Morgan fingerprint density at radius 2 is 2.13 bits per heavy atom. The highest BCUT2D eigenvalue weighted by atomic mass is 16.5. The van der Waals surface area contributed by atoms with Crippen molar-refractivity contribution in [2.24, 2.45) is 4.99 Å². The molecule has 23 heavy (non-hydrogen) atoms. The number of ether oxygens (including phenoxy) is 1. The van der Waals surface area contributed by atoms with Crippen molar-refractivity contribution < 1.29 is 14.3 Å². The van der Waals surface area contributed by atoms with E-state index in [0.717, 1.165) is 11.1 Å². The maximum Gasteiger partial charge on any atom is 0.337 e. The molecule has 0 fully saturated rings. The predicted molar refractivity (Wildman–Crippen MR) is 86.3 cm³/mol. The standard InChI is InChI=1S/C17H18N2O4/c1-3-11-8-13(20)23-16-14(11)15(21)18-17(19-16)22-9-12-7-5-4-6-10(12)2/h4-8,15,21H,3,9H2,1-2H3,(H,18,19). The van der Waals surface area contributed by atoms with Crippen molar-refractivity contribution in [3.63, 3.8) is 0 Å². The fourth-order valence-corrected chi connectivity index (χ4v) is 2.52. The lowest BCUT2D eigenvalue weighted by Gasteiger charge is -2.22. The first kappa shape index (κ1) is 15.3. The Morgan fingerprint density at radius 3 is 2.87 bits per heavy atom. The Bertz CT molecular complexity index is 810. The molecule has 0 aliphatic carbocycles. The molecule has 1 aliphatic rings. The molecule has 1 unspecified atom stereocenters. The van der Waals surface area contributed by atoms with Crippen LogP contribution >= 0.6 is 0 Å². The summed E-state index contributed by atoms with van der Waals surface area (Å²) >= 11 is 0. The second kappa shape index (κ2) is 6.26. The SMILES string of the molecule is CCc1cc(=O)oc2c1C(O)N=C(OCc1ccccc1C)N2. The number of hydrogen-bond donors (Lipinski definition) is 2. The summed E-state index contributed by atoms with van der Waals surface area (Å²) in [5, 5.41) is 13.1. The van der Waals surface area contributed by atoms with Crippen LogP contribution in [-0.4, -0.2) is 11.1 Å². The van der Waals surface area contributed by atoms with Crippen LogP contribution in [0.4, 0.5) is 5.88 Å². The molecule has 0 radical (unpaired) electrons. The summed E-state index contributed by atoms with van der Waals surface area (Å²) in [5.41, 5.74) is 2.83. The van der Waals surface area contributed by atoms with Gasteiger partial charge >= 0.3 is 5.63 Å². The van der Waals surface area contributed by atoms with Gasteiger partial charge < -0.3 is 14.3 Å². The normalized spacial score (nSPS) is 16.3. The fraction of sp³-hybridized carbons (Fsp3) is 0.294. The average molecular weight is 314 g/mol. The van der Waals surface area contributed by atoms with Gasteiger partial charge in [-0.05, 0) is 30.0 Å². The number of aliphatic hydroxyl groups excluding tert-OH is 1. The molecule has 2 N–H and O–H groups in total. The Kier molecular flexibility index (Phi) is 4.16. The summed E-state index contributed by atoms with van der Waals surface area (Å²) in [7, 11) is 0. The number of aliphatic imine (C=N–C) groups is 1.